The first-order valence-electron chi connectivity index (χ1n) is 10.0. The third kappa shape index (κ3) is 3.40. The Hall–Kier alpha value is -3.71. The van der Waals surface area contributed by atoms with Crippen molar-refractivity contribution < 1.29 is 0 Å². The highest BCUT2D eigenvalue weighted by Crippen LogP contribution is 2.35. The average molecular weight is 397 g/mol. The zero-order chi connectivity index (χ0) is 20.5. The van der Waals surface area contributed by atoms with E-state index in [-0.39, 0.29) is 5.95 Å². The number of hydrogen-bond acceptors (Lipinski definition) is 6. The van der Waals surface area contributed by atoms with Crippen molar-refractivity contribution in [3.63, 3.8) is 0 Å². The zero-order valence-corrected chi connectivity index (χ0v) is 16.5. The van der Waals surface area contributed by atoms with Crippen LogP contribution in [0.5, 0.6) is 0 Å². The molecule has 2 aromatic carbocycles. The monoisotopic (exact) mass is 397 g/mol. The summed E-state index contributed by atoms with van der Waals surface area (Å²) < 4.78 is 2.26. The molecule has 4 aromatic rings. The number of fused-ring (bicyclic) bond motifs is 2. The van der Waals surface area contributed by atoms with E-state index in [1.807, 2.05) is 6.21 Å². The van der Waals surface area contributed by atoms with Crippen molar-refractivity contribution in [3.8, 4) is 11.1 Å². The summed E-state index contributed by atoms with van der Waals surface area (Å²) in [5.41, 5.74) is 18.3. The molecule has 7 heteroatoms. The fourth-order valence-electron chi connectivity index (χ4n) is 3.97. The first kappa shape index (κ1) is 18.3. The van der Waals surface area contributed by atoms with Gasteiger partial charge in [0.2, 0.25) is 5.95 Å². The molecule has 0 fully saturated rings. The molecule has 0 aliphatic carbocycles. The van der Waals surface area contributed by atoms with Gasteiger partial charge in [-0.2, -0.15) is 4.98 Å². The molecule has 0 unspecified atom stereocenters. The number of nitrogens with zero attached hydrogens (tertiary/aromatic N) is 4. The fraction of sp³-hybridized carbons (Fsp3) is 0.174. The van der Waals surface area contributed by atoms with Gasteiger partial charge in [-0.05, 0) is 66.1 Å². The van der Waals surface area contributed by atoms with Crippen molar-refractivity contribution in [2.45, 2.75) is 19.5 Å². The summed E-state index contributed by atoms with van der Waals surface area (Å²) in [7, 11) is 0. The van der Waals surface area contributed by atoms with Gasteiger partial charge in [0.1, 0.15) is 5.82 Å². The average Bonchev–Trinajstić information content (AvgIpc) is 3.38. The second kappa shape index (κ2) is 7.61. The predicted molar refractivity (Wildman–Crippen MR) is 122 cm³/mol. The maximum absolute atomic E-state index is 5.72. The lowest BCUT2D eigenvalue weighted by atomic mass is 9.95. The number of aliphatic imine (C=N–C) groups is 1. The van der Waals surface area contributed by atoms with Crippen molar-refractivity contribution >= 4 is 34.6 Å². The second-order valence-electron chi connectivity index (χ2n) is 7.41. The molecule has 1 aliphatic heterocycles. The molecule has 0 bridgehead atoms. The van der Waals surface area contributed by atoms with Crippen molar-refractivity contribution in [1.29, 1.82) is 0 Å². The van der Waals surface area contributed by atoms with Crippen LogP contribution in [0.3, 0.4) is 0 Å². The molecule has 7 nitrogen and oxygen atoms in total. The Morgan fingerprint density at radius 1 is 1.10 bits per heavy atom. The van der Waals surface area contributed by atoms with E-state index in [9.17, 15) is 0 Å². The molecule has 0 radical (unpaired) electrons. The van der Waals surface area contributed by atoms with Crippen LogP contribution < -0.4 is 16.8 Å². The summed E-state index contributed by atoms with van der Waals surface area (Å²) in [6, 6.07) is 14.8. The van der Waals surface area contributed by atoms with E-state index in [1.165, 1.54) is 27.6 Å². The van der Waals surface area contributed by atoms with E-state index in [2.05, 4.69) is 67.4 Å². The lowest BCUT2D eigenvalue weighted by Gasteiger charge is -2.13. The molecule has 0 saturated heterocycles. The Bertz CT molecular complexity index is 1260. The standard InChI is InChI=1S/C23H23N7/c24-6-1-8-30-9-5-16-10-15(2-3-21(16)30)19-12-18(11-17-13-26-14-20(17)19)28-22-4-7-27-23(25)29-22/h2-5,7,9-13H,1,6,8,14,24H2,(H3,25,27,28,29). The Morgan fingerprint density at radius 3 is 2.90 bits per heavy atom. The Kier molecular flexibility index (Phi) is 4.65. The lowest BCUT2D eigenvalue weighted by Crippen LogP contribution is -2.04. The molecule has 1 aliphatic rings. The molecule has 0 spiro atoms. The van der Waals surface area contributed by atoms with Gasteiger partial charge in [-0.3, -0.25) is 4.99 Å². The van der Waals surface area contributed by atoms with Gasteiger partial charge in [-0.1, -0.05) is 6.07 Å². The minimum atomic E-state index is 0.243. The lowest BCUT2D eigenvalue weighted by molar-refractivity contribution is 0.671. The Balaban J connectivity index is 1.54. The first-order valence-corrected chi connectivity index (χ1v) is 10.0. The summed E-state index contributed by atoms with van der Waals surface area (Å²) in [4.78, 5) is 12.7. The number of hydrogen-bond donors (Lipinski definition) is 3. The summed E-state index contributed by atoms with van der Waals surface area (Å²) in [5.74, 6) is 0.906. The smallest absolute Gasteiger partial charge is 0.221 e. The van der Waals surface area contributed by atoms with Crippen LogP contribution >= 0.6 is 0 Å². The predicted octanol–water partition coefficient (Wildman–Crippen LogP) is 3.71. The zero-order valence-electron chi connectivity index (χ0n) is 16.5. The van der Waals surface area contributed by atoms with Gasteiger partial charge in [-0.25, -0.2) is 4.98 Å². The van der Waals surface area contributed by atoms with E-state index < -0.39 is 0 Å². The molecule has 2 aromatic heterocycles. The molecule has 0 saturated carbocycles. The van der Waals surface area contributed by atoms with Gasteiger partial charge >= 0.3 is 0 Å². The summed E-state index contributed by atoms with van der Waals surface area (Å²) in [6.45, 7) is 2.33. The second-order valence-corrected chi connectivity index (χ2v) is 7.41. The number of aryl methyl sites for hydroxylation is 1. The van der Waals surface area contributed by atoms with Crippen LogP contribution in [0.4, 0.5) is 17.5 Å². The van der Waals surface area contributed by atoms with E-state index >= 15 is 0 Å². The highest BCUT2D eigenvalue weighted by atomic mass is 15.1. The number of anilines is 3. The summed E-state index contributed by atoms with van der Waals surface area (Å²) in [5, 5.41) is 4.56. The van der Waals surface area contributed by atoms with Crippen molar-refractivity contribution in [1.82, 2.24) is 14.5 Å². The SMILES string of the molecule is NCCCn1ccc2cc(-c3cc(Nc4ccnc(N)n4)cc4c3CN=C4)ccc21. The normalized spacial score (nSPS) is 12.4. The van der Waals surface area contributed by atoms with Gasteiger partial charge in [0.15, 0.2) is 0 Å². The van der Waals surface area contributed by atoms with E-state index in [0.29, 0.717) is 18.9 Å². The maximum atomic E-state index is 5.72. The molecule has 30 heavy (non-hydrogen) atoms. The van der Waals surface area contributed by atoms with Crippen molar-refractivity contribution in [3.05, 3.63) is 66.0 Å². The third-order valence-corrected chi connectivity index (χ3v) is 5.40. The van der Waals surface area contributed by atoms with Gasteiger partial charge in [0.05, 0.1) is 6.54 Å². The minimum absolute atomic E-state index is 0.243. The molecule has 5 N–H and O–H groups in total. The number of nitrogen functional groups attached to an aromatic ring is 1. The number of benzene rings is 2. The highest BCUT2D eigenvalue weighted by Gasteiger charge is 2.16. The van der Waals surface area contributed by atoms with E-state index in [1.54, 1.807) is 12.3 Å². The van der Waals surface area contributed by atoms with Crippen LogP contribution in [0.2, 0.25) is 0 Å². The fourth-order valence-corrected chi connectivity index (χ4v) is 3.97. The molecule has 5 rings (SSSR count). The van der Waals surface area contributed by atoms with Crippen LogP contribution in [0.25, 0.3) is 22.0 Å². The van der Waals surface area contributed by atoms with Gasteiger partial charge in [0, 0.05) is 47.3 Å². The van der Waals surface area contributed by atoms with Gasteiger partial charge in [0.25, 0.3) is 0 Å². The van der Waals surface area contributed by atoms with Crippen LogP contribution in [0.15, 0.2) is 59.9 Å². The van der Waals surface area contributed by atoms with E-state index in [0.717, 1.165) is 24.2 Å². The highest BCUT2D eigenvalue weighted by molar-refractivity contribution is 5.93. The number of nitrogens with two attached hydrogens (primary N) is 2. The van der Waals surface area contributed by atoms with Crippen LogP contribution in [-0.2, 0) is 13.1 Å². The molecule has 0 atom stereocenters. The molecular weight excluding hydrogens is 374 g/mol. The first-order chi connectivity index (χ1) is 14.7. The minimum Gasteiger partial charge on any atom is -0.368 e. The van der Waals surface area contributed by atoms with Crippen molar-refractivity contribution in [2.24, 2.45) is 10.7 Å². The van der Waals surface area contributed by atoms with Crippen LogP contribution in [0, 0.1) is 0 Å². The van der Waals surface area contributed by atoms with Crippen molar-refractivity contribution in [2.75, 3.05) is 17.6 Å². The largest absolute Gasteiger partial charge is 0.368 e. The molecule has 150 valence electrons. The number of nitrogens with one attached hydrogen (secondary N) is 1. The molecule has 0 amide bonds. The summed E-state index contributed by atoms with van der Waals surface area (Å²) in [6.07, 6.45) is 6.68. The van der Waals surface area contributed by atoms with Gasteiger partial charge < -0.3 is 21.4 Å². The third-order valence-electron chi connectivity index (χ3n) is 5.40. The van der Waals surface area contributed by atoms with E-state index in [4.69, 9.17) is 11.5 Å². The van der Waals surface area contributed by atoms with Crippen LogP contribution in [0.1, 0.15) is 17.5 Å². The topological polar surface area (TPSA) is 107 Å². The molecule has 3 heterocycles. The quantitative estimate of drug-likeness (QED) is 0.460. The number of aromatic nitrogens is 3. The summed E-state index contributed by atoms with van der Waals surface area (Å²) >= 11 is 0. The number of rotatable bonds is 6. The van der Waals surface area contributed by atoms with Crippen LogP contribution in [-0.4, -0.2) is 27.3 Å². The molecular formula is C23H23N7. The maximum Gasteiger partial charge on any atom is 0.221 e. The Morgan fingerprint density at radius 2 is 2.03 bits per heavy atom. The van der Waals surface area contributed by atoms with Gasteiger partial charge in [-0.15, -0.1) is 0 Å². The Labute approximate surface area is 174 Å².